The summed E-state index contributed by atoms with van der Waals surface area (Å²) in [5, 5.41) is 0.865. The second-order valence-electron chi connectivity index (χ2n) is 2.64. The van der Waals surface area contributed by atoms with Crippen LogP contribution in [0, 0.1) is 0 Å². The first-order chi connectivity index (χ1) is 6.40. The third-order valence-corrected chi connectivity index (χ3v) is 2.13. The van der Waals surface area contributed by atoms with E-state index in [0.717, 1.165) is 22.0 Å². The second-order valence-corrected chi connectivity index (χ2v) is 3.28. The molecule has 0 saturated carbocycles. The van der Waals surface area contributed by atoms with Gasteiger partial charge in [-0.15, -0.1) is 0 Å². The van der Waals surface area contributed by atoms with Crippen molar-refractivity contribution in [1.29, 1.82) is 0 Å². The number of halogens is 1. The number of hydrogen-bond donors (Lipinski definition) is 0. The minimum atomic E-state index is 0.830. The number of nitrogens with zero attached hydrogens (tertiary/aromatic N) is 1. The predicted molar refractivity (Wildman–Crippen MR) is 56.8 cm³/mol. The Morgan fingerprint density at radius 2 is 2.38 bits per heavy atom. The average molecular weight is 238 g/mol. The molecule has 1 aromatic carbocycles. The van der Waals surface area contributed by atoms with Gasteiger partial charge in [0.15, 0.2) is 12.0 Å². The first-order valence-corrected chi connectivity index (χ1v) is 5.08. The Balaban J connectivity index is 2.42. The molecule has 3 heteroatoms. The fourth-order valence-electron chi connectivity index (χ4n) is 1.16. The van der Waals surface area contributed by atoms with Gasteiger partial charge >= 0.3 is 0 Å². The van der Waals surface area contributed by atoms with Gasteiger partial charge in [0.2, 0.25) is 0 Å². The third kappa shape index (κ3) is 1.80. The van der Waals surface area contributed by atoms with Crippen LogP contribution in [0.4, 0.5) is 0 Å². The van der Waals surface area contributed by atoms with Crippen LogP contribution in [0.1, 0.15) is 5.56 Å². The van der Waals surface area contributed by atoms with E-state index in [1.165, 1.54) is 6.39 Å². The highest BCUT2D eigenvalue weighted by molar-refractivity contribution is 9.09. The summed E-state index contributed by atoms with van der Waals surface area (Å²) in [5.41, 5.74) is 2.87. The molecule has 1 heterocycles. The zero-order valence-corrected chi connectivity index (χ0v) is 8.49. The van der Waals surface area contributed by atoms with Gasteiger partial charge in [0, 0.05) is 5.33 Å². The van der Waals surface area contributed by atoms with Gasteiger partial charge in [0.1, 0.15) is 5.52 Å². The number of hydrogen-bond acceptors (Lipinski definition) is 2. The second kappa shape index (κ2) is 3.75. The molecule has 0 aliphatic carbocycles. The first kappa shape index (κ1) is 8.51. The molecule has 0 spiro atoms. The molecule has 66 valence electrons. The van der Waals surface area contributed by atoms with Crippen LogP contribution in [-0.4, -0.2) is 10.3 Å². The lowest BCUT2D eigenvalue weighted by Crippen LogP contribution is -1.72. The normalized spacial score (nSPS) is 11.5. The average Bonchev–Trinajstić information content (AvgIpc) is 2.61. The molecule has 2 nitrogen and oxygen atoms in total. The van der Waals surface area contributed by atoms with E-state index >= 15 is 0 Å². The Kier molecular flexibility index (Phi) is 2.45. The van der Waals surface area contributed by atoms with E-state index < -0.39 is 0 Å². The summed E-state index contributed by atoms with van der Waals surface area (Å²) in [6.07, 6.45) is 5.55. The number of benzene rings is 1. The maximum absolute atomic E-state index is 5.13. The molecule has 0 N–H and O–H groups in total. The van der Waals surface area contributed by atoms with Crippen molar-refractivity contribution in [2.24, 2.45) is 0 Å². The molecular weight excluding hydrogens is 230 g/mol. The van der Waals surface area contributed by atoms with E-state index in [2.05, 4.69) is 20.9 Å². The smallest absolute Gasteiger partial charge is 0.181 e. The van der Waals surface area contributed by atoms with E-state index in [1.807, 2.05) is 30.4 Å². The van der Waals surface area contributed by atoms with Crippen LogP contribution in [-0.2, 0) is 0 Å². The van der Waals surface area contributed by atoms with Crippen LogP contribution in [0.5, 0.6) is 0 Å². The predicted octanol–water partition coefficient (Wildman–Crippen LogP) is 3.24. The van der Waals surface area contributed by atoms with Crippen molar-refractivity contribution in [2.45, 2.75) is 0 Å². The third-order valence-electron chi connectivity index (χ3n) is 1.75. The maximum Gasteiger partial charge on any atom is 0.181 e. The monoisotopic (exact) mass is 237 g/mol. The van der Waals surface area contributed by atoms with Gasteiger partial charge in [-0.1, -0.05) is 34.1 Å². The topological polar surface area (TPSA) is 26.0 Å². The molecule has 1 aromatic heterocycles. The van der Waals surface area contributed by atoms with Crippen LogP contribution in [0.3, 0.4) is 0 Å². The zero-order valence-electron chi connectivity index (χ0n) is 6.90. The van der Waals surface area contributed by atoms with E-state index in [4.69, 9.17) is 4.42 Å². The zero-order chi connectivity index (χ0) is 9.10. The molecular formula is C10H8BrNO. The molecule has 0 saturated heterocycles. The lowest BCUT2D eigenvalue weighted by molar-refractivity contribution is 0.602. The van der Waals surface area contributed by atoms with Crippen molar-refractivity contribution in [3.05, 3.63) is 36.2 Å². The van der Waals surface area contributed by atoms with Crippen LogP contribution in [0.2, 0.25) is 0 Å². The number of fused-ring (bicyclic) bond motifs is 1. The standard InChI is InChI=1S/C10H8BrNO/c11-5-1-2-8-3-4-10-9(6-8)12-7-13-10/h1-4,6-7H,5H2. The van der Waals surface area contributed by atoms with Gasteiger partial charge in [-0.25, -0.2) is 4.98 Å². The Morgan fingerprint density at radius 1 is 1.46 bits per heavy atom. The number of aromatic nitrogens is 1. The summed E-state index contributed by atoms with van der Waals surface area (Å²) < 4.78 is 5.13. The van der Waals surface area contributed by atoms with Gasteiger partial charge < -0.3 is 4.42 Å². The minimum Gasteiger partial charge on any atom is -0.443 e. The van der Waals surface area contributed by atoms with Crippen molar-refractivity contribution in [1.82, 2.24) is 4.98 Å². The number of oxazole rings is 1. The molecule has 2 rings (SSSR count). The fraction of sp³-hybridized carbons (Fsp3) is 0.100. The van der Waals surface area contributed by atoms with Gasteiger partial charge in [-0.3, -0.25) is 0 Å². The molecule has 0 aliphatic rings. The molecule has 0 atom stereocenters. The summed E-state index contributed by atoms with van der Waals surface area (Å²) in [6, 6.07) is 5.93. The molecule has 0 radical (unpaired) electrons. The highest BCUT2D eigenvalue weighted by Crippen LogP contribution is 2.14. The van der Waals surface area contributed by atoms with Crippen LogP contribution in [0.25, 0.3) is 17.2 Å². The van der Waals surface area contributed by atoms with Gasteiger partial charge in [-0.05, 0) is 17.7 Å². The largest absolute Gasteiger partial charge is 0.443 e. The van der Waals surface area contributed by atoms with E-state index in [0.29, 0.717) is 0 Å². The van der Waals surface area contributed by atoms with Crippen LogP contribution >= 0.6 is 15.9 Å². The highest BCUT2D eigenvalue weighted by atomic mass is 79.9. The lowest BCUT2D eigenvalue weighted by atomic mass is 10.2. The maximum atomic E-state index is 5.13. The molecule has 0 unspecified atom stereocenters. The molecule has 0 fully saturated rings. The molecule has 2 aromatic rings. The van der Waals surface area contributed by atoms with Crippen LogP contribution in [0.15, 0.2) is 35.1 Å². The number of rotatable bonds is 2. The Hall–Kier alpha value is -1.09. The highest BCUT2D eigenvalue weighted by Gasteiger charge is 1.96. The summed E-state index contributed by atoms with van der Waals surface area (Å²) in [5.74, 6) is 0. The quantitative estimate of drug-likeness (QED) is 0.750. The van der Waals surface area contributed by atoms with Gasteiger partial charge in [0.25, 0.3) is 0 Å². The lowest BCUT2D eigenvalue weighted by Gasteiger charge is -1.91. The fourth-order valence-corrected chi connectivity index (χ4v) is 1.35. The summed E-state index contributed by atoms with van der Waals surface area (Å²) in [6.45, 7) is 0. The first-order valence-electron chi connectivity index (χ1n) is 3.96. The van der Waals surface area contributed by atoms with Crippen LogP contribution < -0.4 is 0 Å². The molecule has 0 amide bonds. The summed E-state index contributed by atoms with van der Waals surface area (Å²) in [4.78, 5) is 4.08. The SMILES string of the molecule is BrCC=Cc1ccc2ocnc2c1. The Morgan fingerprint density at radius 3 is 3.23 bits per heavy atom. The molecule has 0 bridgehead atoms. The molecule has 13 heavy (non-hydrogen) atoms. The van der Waals surface area contributed by atoms with Crippen molar-refractivity contribution in [2.75, 3.05) is 5.33 Å². The minimum absolute atomic E-state index is 0.830. The number of allylic oxidation sites excluding steroid dienone is 1. The summed E-state index contributed by atoms with van der Waals surface area (Å²) in [7, 11) is 0. The van der Waals surface area contributed by atoms with Gasteiger partial charge in [0.05, 0.1) is 0 Å². The van der Waals surface area contributed by atoms with Crippen molar-refractivity contribution in [3.63, 3.8) is 0 Å². The van der Waals surface area contributed by atoms with Crippen molar-refractivity contribution >= 4 is 33.1 Å². The van der Waals surface area contributed by atoms with Crippen molar-refractivity contribution in [3.8, 4) is 0 Å². The number of alkyl halides is 1. The molecule has 0 aliphatic heterocycles. The van der Waals surface area contributed by atoms with E-state index in [9.17, 15) is 0 Å². The van der Waals surface area contributed by atoms with Gasteiger partial charge in [-0.2, -0.15) is 0 Å². The summed E-state index contributed by atoms with van der Waals surface area (Å²) >= 11 is 3.33. The Bertz CT molecular complexity index is 433. The van der Waals surface area contributed by atoms with E-state index in [1.54, 1.807) is 0 Å². The van der Waals surface area contributed by atoms with E-state index in [-0.39, 0.29) is 0 Å². The van der Waals surface area contributed by atoms with Crippen molar-refractivity contribution < 1.29 is 4.42 Å². The Labute approximate surface area is 84.4 Å².